The van der Waals surface area contributed by atoms with E-state index in [1.807, 2.05) is 12.1 Å². The first kappa shape index (κ1) is 19.4. The molecule has 132 valence electrons. The summed E-state index contributed by atoms with van der Waals surface area (Å²) in [6.45, 7) is 1.22. The van der Waals surface area contributed by atoms with Gasteiger partial charge in [0.2, 0.25) is 0 Å². The maximum atomic E-state index is 14.6. The van der Waals surface area contributed by atoms with E-state index in [0.717, 1.165) is 0 Å². The highest BCUT2D eigenvalue weighted by Gasteiger charge is 2.46. The van der Waals surface area contributed by atoms with E-state index in [-0.39, 0.29) is 33.7 Å². The molecule has 0 unspecified atom stereocenters. The Bertz CT molecular complexity index is 901. The number of carbonyl (C=O) groups is 1. The van der Waals surface area contributed by atoms with Crippen LogP contribution in [0.3, 0.4) is 0 Å². The van der Waals surface area contributed by atoms with Crippen LogP contribution < -0.4 is 4.74 Å². The molecule has 0 spiro atoms. The standard InChI is InChI=1S/C18H11BrF2N2O3/c1-2-25-17(24)18(20,21)16-14(19)4-3-5-15(16)26-13-7-11(9-22)6-12(8-13)10-23/h3-8H,2H2,1H3. The van der Waals surface area contributed by atoms with E-state index in [2.05, 4.69) is 20.7 Å². The van der Waals surface area contributed by atoms with Gasteiger partial charge in [-0.05, 0) is 37.3 Å². The van der Waals surface area contributed by atoms with Gasteiger partial charge in [0.25, 0.3) is 0 Å². The molecule has 0 aliphatic rings. The molecule has 0 fully saturated rings. The van der Waals surface area contributed by atoms with E-state index in [0.29, 0.717) is 0 Å². The third-order valence-corrected chi connectivity index (χ3v) is 3.87. The summed E-state index contributed by atoms with van der Waals surface area (Å²) in [6, 6.07) is 11.7. The Kier molecular flexibility index (Phi) is 5.91. The number of nitriles is 2. The van der Waals surface area contributed by atoms with E-state index in [1.165, 1.54) is 43.3 Å². The lowest BCUT2D eigenvalue weighted by molar-refractivity contribution is -0.173. The van der Waals surface area contributed by atoms with Crippen molar-refractivity contribution < 1.29 is 23.0 Å². The topological polar surface area (TPSA) is 83.1 Å². The molecule has 0 bridgehead atoms. The predicted octanol–water partition coefficient (Wildman–Crippen LogP) is 4.64. The molecule has 2 aromatic rings. The van der Waals surface area contributed by atoms with Gasteiger partial charge in [0.05, 0.1) is 35.4 Å². The van der Waals surface area contributed by atoms with Gasteiger partial charge in [-0.15, -0.1) is 0 Å². The molecule has 0 saturated heterocycles. The molecule has 2 aromatic carbocycles. The van der Waals surface area contributed by atoms with Gasteiger partial charge in [-0.25, -0.2) is 4.79 Å². The van der Waals surface area contributed by atoms with Crippen molar-refractivity contribution in [3.8, 4) is 23.6 Å². The van der Waals surface area contributed by atoms with Crippen LogP contribution >= 0.6 is 15.9 Å². The molecule has 2 rings (SSSR count). The highest BCUT2D eigenvalue weighted by Crippen LogP contribution is 2.42. The van der Waals surface area contributed by atoms with Crippen molar-refractivity contribution >= 4 is 21.9 Å². The van der Waals surface area contributed by atoms with Crippen LogP contribution in [0.1, 0.15) is 23.6 Å². The molecule has 0 saturated carbocycles. The van der Waals surface area contributed by atoms with Gasteiger partial charge in [-0.2, -0.15) is 19.3 Å². The van der Waals surface area contributed by atoms with Crippen molar-refractivity contribution in [3.63, 3.8) is 0 Å². The number of alkyl halides is 2. The molecule has 0 heterocycles. The highest BCUT2D eigenvalue weighted by molar-refractivity contribution is 9.10. The normalized spacial score (nSPS) is 10.5. The van der Waals surface area contributed by atoms with Crippen LogP contribution in [0.5, 0.6) is 11.5 Å². The molecule has 0 atom stereocenters. The summed E-state index contributed by atoms with van der Waals surface area (Å²) in [4.78, 5) is 11.7. The Balaban J connectivity index is 2.53. The van der Waals surface area contributed by atoms with E-state index in [1.54, 1.807) is 0 Å². The smallest absolute Gasteiger partial charge is 0.382 e. The van der Waals surface area contributed by atoms with Crippen LogP contribution in [0.2, 0.25) is 0 Å². The fourth-order valence-corrected chi connectivity index (χ4v) is 2.73. The number of hydrogen-bond donors (Lipinski definition) is 0. The van der Waals surface area contributed by atoms with Crippen molar-refractivity contribution in [2.24, 2.45) is 0 Å². The van der Waals surface area contributed by atoms with E-state index in [4.69, 9.17) is 15.3 Å². The molecule has 0 aliphatic heterocycles. The predicted molar refractivity (Wildman–Crippen MR) is 90.6 cm³/mol. The number of benzene rings is 2. The molecule has 0 amide bonds. The first-order valence-electron chi connectivity index (χ1n) is 7.30. The summed E-state index contributed by atoms with van der Waals surface area (Å²) >= 11 is 3.00. The van der Waals surface area contributed by atoms with Crippen molar-refractivity contribution in [1.82, 2.24) is 0 Å². The summed E-state index contributed by atoms with van der Waals surface area (Å²) < 4.78 is 39.0. The quantitative estimate of drug-likeness (QED) is 0.657. The fourth-order valence-electron chi connectivity index (χ4n) is 2.13. The molecule has 26 heavy (non-hydrogen) atoms. The third-order valence-electron chi connectivity index (χ3n) is 3.21. The number of rotatable bonds is 5. The van der Waals surface area contributed by atoms with E-state index in [9.17, 15) is 13.6 Å². The van der Waals surface area contributed by atoms with Crippen LogP contribution in [0.15, 0.2) is 40.9 Å². The lowest BCUT2D eigenvalue weighted by Crippen LogP contribution is -2.29. The highest BCUT2D eigenvalue weighted by atomic mass is 79.9. The Morgan fingerprint density at radius 1 is 1.19 bits per heavy atom. The molecular weight excluding hydrogens is 410 g/mol. The minimum Gasteiger partial charge on any atom is -0.461 e. The summed E-state index contributed by atoms with van der Waals surface area (Å²) in [5.74, 6) is -5.97. The van der Waals surface area contributed by atoms with Crippen molar-refractivity contribution in [1.29, 1.82) is 10.5 Å². The zero-order chi connectivity index (χ0) is 19.3. The van der Waals surface area contributed by atoms with Gasteiger partial charge in [0.15, 0.2) is 0 Å². The van der Waals surface area contributed by atoms with Crippen LogP contribution in [-0.4, -0.2) is 12.6 Å². The Labute approximate surface area is 156 Å². The number of halogens is 3. The largest absolute Gasteiger partial charge is 0.461 e. The number of esters is 1. The fraction of sp³-hybridized carbons (Fsp3) is 0.167. The lowest BCUT2D eigenvalue weighted by atomic mass is 10.1. The Hall–Kier alpha value is -2.97. The molecule has 8 heteroatoms. The van der Waals surface area contributed by atoms with Crippen LogP contribution in [-0.2, 0) is 15.5 Å². The first-order valence-corrected chi connectivity index (χ1v) is 8.10. The second-order valence-electron chi connectivity index (χ2n) is 4.98. The van der Waals surface area contributed by atoms with Crippen molar-refractivity contribution in [3.05, 3.63) is 57.6 Å². The third kappa shape index (κ3) is 3.98. The summed E-state index contributed by atoms with van der Waals surface area (Å²) in [5, 5.41) is 18.0. The summed E-state index contributed by atoms with van der Waals surface area (Å²) in [7, 11) is 0. The maximum absolute atomic E-state index is 14.6. The summed E-state index contributed by atoms with van der Waals surface area (Å²) in [5.41, 5.74) is -0.445. The van der Waals surface area contributed by atoms with Gasteiger partial charge in [-0.1, -0.05) is 22.0 Å². The van der Waals surface area contributed by atoms with Gasteiger partial charge < -0.3 is 9.47 Å². The molecule has 5 nitrogen and oxygen atoms in total. The maximum Gasteiger partial charge on any atom is 0.382 e. The second kappa shape index (κ2) is 7.94. The van der Waals surface area contributed by atoms with Crippen molar-refractivity contribution in [2.45, 2.75) is 12.8 Å². The average Bonchev–Trinajstić information content (AvgIpc) is 2.61. The minimum absolute atomic E-state index is 0.0135. The molecule has 0 N–H and O–H groups in total. The minimum atomic E-state index is -3.96. The molecular formula is C18H11BrF2N2O3. The van der Waals surface area contributed by atoms with Gasteiger partial charge in [0.1, 0.15) is 11.5 Å². The molecule has 0 radical (unpaired) electrons. The molecule has 0 aliphatic carbocycles. The Morgan fingerprint density at radius 3 is 2.35 bits per heavy atom. The number of nitrogens with zero attached hydrogens (tertiary/aromatic N) is 2. The second-order valence-corrected chi connectivity index (χ2v) is 5.83. The zero-order valence-electron chi connectivity index (χ0n) is 13.4. The number of ether oxygens (including phenoxy) is 2. The van der Waals surface area contributed by atoms with E-state index < -0.39 is 17.5 Å². The Morgan fingerprint density at radius 2 is 1.81 bits per heavy atom. The molecule has 0 aromatic heterocycles. The van der Waals surface area contributed by atoms with Crippen LogP contribution in [0.25, 0.3) is 0 Å². The lowest BCUT2D eigenvalue weighted by Gasteiger charge is -2.20. The van der Waals surface area contributed by atoms with Gasteiger partial charge >= 0.3 is 11.9 Å². The van der Waals surface area contributed by atoms with E-state index >= 15 is 0 Å². The first-order chi connectivity index (χ1) is 12.3. The number of hydrogen-bond acceptors (Lipinski definition) is 5. The van der Waals surface area contributed by atoms with Gasteiger partial charge in [-0.3, -0.25) is 0 Å². The van der Waals surface area contributed by atoms with Crippen LogP contribution in [0, 0.1) is 22.7 Å². The van der Waals surface area contributed by atoms with Crippen LogP contribution in [0.4, 0.5) is 8.78 Å². The SMILES string of the molecule is CCOC(=O)C(F)(F)c1c(Br)cccc1Oc1cc(C#N)cc(C#N)c1. The van der Waals surface area contributed by atoms with Gasteiger partial charge in [0, 0.05) is 4.47 Å². The van der Waals surface area contributed by atoms with Crippen molar-refractivity contribution in [2.75, 3.05) is 6.61 Å². The monoisotopic (exact) mass is 420 g/mol. The summed E-state index contributed by atoms with van der Waals surface area (Å²) in [6.07, 6.45) is 0. The number of carbonyl (C=O) groups excluding carboxylic acids is 1. The zero-order valence-corrected chi connectivity index (χ0v) is 15.0. The average molecular weight is 421 g/mol.